The Morgan fingerprint density at radius 3 is 2.41 bits per heavy atom. The Morgan fingerprint density at radius 1 is 1.09 bits per heavy atom. The highest BCUT2D eigenvalue weighted by atomic mass is 16.7. The molecular weight excluding hydrogens is 296 g/mol. The lowest BCUT2D eigenvalue weighted by atomic mass is 9.99. The number of esters is 1. The third-order valence-electron chi connectivity index (χ3n) is 3.68. The van der Waals surface area contributed by atoms with Gasteiger partial charge in [0.1, 0.15) is 31.0 Å². The van der Waals surface area contributed by atoms with Gasteiger partial charge in [0, 0.05) is 0 Å². The molecule has 1 saturated heterocycles. The van der Waals surface area contributed by atoms with E-state index in [0.717, 1.165) is 19.3 Å². The van der Waals surface area contributed by atoms with Crippen LogP contribution in [0.15, 0.2) is 0 Å². The van der Waals surface area contributed by atoms with Crippen LogP contribution in [-0.2, 0) is 14.3 Å². The van der Waals surface area contributed by atoms with Crippen LogP contribution in [0.25, 0.3) is 0 Å². The minimum Gasteiger partial charge on any atom is -0.461 e. The van der Waals surface area contributed by atoms with E-state index in [1.807, 2.05) is 0 Å². The summed E-state index contributed by atoms with van der Waals surface area (Å²) in [6.45, 7) is 1.62. The van der Waals surface area contributed by atoms with Crippen molar-refractivity contribution in [2.45, 2.75) is 75.8 Å². The molecule has 0 radical (unpaired) electrons. The standard InChI is InChI=1S/C14H26O8/c1-2-3-4-5-6-8(15)13(19)21-7-9-10(16)11(17)12(18)14(20)22-9/h8-12,14-18,20H,2-7H2,1H3/t8?,9-,10+,11+,12-,14?/m1/s1. The molecule has 22 heavy (non-hydrogen) atoms. The molecule has 2 unspecified atom stereocenters. The largest absolute Gasteiger partial charge is 0.461 e. The third-order valence-corrected chi connectivity index (χ3v) is 3.68. The molecule has 0 aromatic rings. The van der Waals surface area contributed by atoms with Crippen LogP contribution in [0.5, 0.6) is 0 Å². The smallest absolute Gasteiger partial charge is 0.335 e. The average molecular weight is 322 g/mol. The first-order valence-corrected chi connectivity index (χ1v) is 7.60. The Labute approximate surface area is 129 Å². The highest BCUT2D eigenvalue weighted by Crippen LogP contribution is 2.20. The van der Waals surface area contributed by atoms with Gasteiger partial charge in [0.2, 0.25) is 0 Å². The summed E-state index contributed by atoms with van der Waals surface area (Å²) in [5.41, 5.74) is 0. The fraction of sp³-hybridized carbons (Fsp3) is 0.929. The van der Waals surface area contributed by atoms with Crippen molar-refractivity contribution in [3.63, 3.8) is 0 Å². The molecule has 1 aliphatic rings. The highest BCUT2D eigenvalue weighted by molar-refractivity contribution is 5.74. The summed E-state index contributed by atoms with van der Waals surface area (Å²) in [5, 5.41) is 47.5. The number of hydrogen-bond donors (Lipinski definition) is 5. The Kier molecular flexibility index (Phi) is 8.23. The first-order chi connectivity index (χ1) is 10.4. The van der Waals surface area contributed by atoms with Crippen LogP contribution >= 0.6 is 0 Å². The number of unbranched alkanes of at least 4 members (excludes halogenated alkanes) is 3. The molecule has 0 spiro atoms. The lowest BCUT2D eigenvalue weighted by Crippen LogP contribution is -2.58. The number of hydrogen-bond acceptors (Lipinski definition) is 8. The zero-order chi connectivity index (χ0) is 16.7. The number of aliphatic hydroxyl groups is 5. The van der Waals surface area contributed by atoms with E-state index in [-0.39, 0.29) is 6.42 Å². The van der Waals surface area contributed by atoms with E-state index >= 15 is 0 Å². The predicted octanol–water partition coefficient (Wildman–Crippen LogP) is -1.34. The van der Waals surface area contributed by atoms with Gasteiger partial charge in [0.25, 0.3) is 0 Å². The maximum Gasteiger partial charge on any atom is 0.335 e. The van der Waals surface area contributed by atoms with Crippen LogP contribution in [0.4, 0.5) is 0 Å². The quantitative estimate of drug-likeness (QED) is 0.274. The first kappa shape index (κ1) is 19.3. The van der Waals surface area contributed by atoms with E-state index < -0.39 is 49.4 Å². The molecular formula is C14H26O8. The van der Waals surface area contributed by atoms with Gasteiger partial charge in [-0.25, -0.2) is 4.79 Å². The Balaban J connectivity index is 2.33. The normalized spacial score (nSPS) is 33.5. The molecule has 0 bridgehead atoms. The van der Waals surface area contributed by atoms with Crippen molar-refractivity contribution in [1.82, 2.24) is 0 Å². The van der Waals surface area contributed by atoms with Crippen LogP contribution in [0, 0.1) is 0 Å². The number of carbonyl (C=O) groups is 1. The molecule has 130 valence electrons. The summed E-state index contributed by atoms with van der Waals surface area (Å²) in [4.78, 5) is 11.6. The maximum atomic E-state index is 11.6. The highest BCUT2D eigenvalue weighted by Gasteiger charge is 2.43. The summed E-state index contributed by atoms with van der Waals surface area (Å²) in [6.07, 6.45) is -4.86. The van der Waals surface area contributed by atoms with Crippen LogP contribution in [0.2, 0.25) is 0 Å². The zero-order valence-corrected chi connectivity index (χ0v) is 12.7. The second kappa shape index (κ2) is 9.39. The number of carbonyl (C=O) groups excluding carboxylic acids is 1. The molecule has 8 heteroatoms. The SMILES string of the molecule is CCCCCCC(O)C(=O)OC[C@H]1OC(O)[C@H](O)[C@@H](O)[C@H]1O. The Bertz CT molecular complexity index is 337. The van der Waals surface area contributed by atoms with Crippen molar-refractivity contribution < 1.29 is 39.8 Å². The molecule has 1 heterocycles. The van der Waals surface area contributed by atoms with Crippen molar-refractivity contribution in [2.24, 2.45) is 0 Å². The Hall–Kier alpha value is -0.770. The number of ether oxygens (including phenoxy) is 2. The summed E-state index contributed by atoms with van der Waals surface area (Å²) in [5.74, 6) is -0.845. The summed E-state index contributed by atoms with van der Waals surface area (Å²) >= 11 is 0. The van der Waals surface area contributed by atoms with E-state index in [1.54, 1.807) is 0 Å². The molecule has 1 rings (SSSR count). The van der Waals surface area contributed by atoms with E-state index in [9.17, 15) is 30.3 Å². The molecule has 0 aliphatic carbocycles. The topological polar surface area (TPSA) is 137 Å². The number of rotatable bonds is 8. The van der Waals surface area contributed by atoms with Crippen molar-refractivity contribution >= 4 is 5.97 Å². The Morgan fingerprint density at radius 2 is 1.77 bits per heavy atom. The monoisotopic (exact) mass is 322 g/mol. The van der Waals surface area contributed by atoms with Crippen molar-refractivity contribution in [2.75, 3.05) is 6.61 Å². The minimum atomic E-state index is -1.68. The van der Waals surface area contributed by atoms with Crippen molar-refractivity contribution in [3.8, 4) is 0 Å². The van der Waals surface area contributed by atoms with Gasteiger partial charge in [-0.3, -0.25) is 0 Å². The second-order valence-electron chi connectivity index (χ2n) is 5.53. The molecule has 0 aromatic carbocycles. The third kappa shape index (κ3) is 5.45. The van der Waals surface area contributed by atoms with E-state index in [2.05, 4.69) is 6.92 Å². The van der Waals surface area contributed by atoms with Gasteiger partial charge in [-0.1, -0.05) is 32.6 Å². The molecule has 1 aliphatic heterocycles. The van der Waals surface area contributed by atoms with Gasteiger partial charge < -0.3 is 35.0 Å². The summed E-state index contributed by atoms with van der Waals surface area (Å²) in [6, 6.07) is 0. The fourth-order valence-electron chi connectivity index (χ4n) is 2.21. The lowest BCUT2D eigenvalue weighted by molar-refractivity contribution is -0.287. The lowest BCUT2D eigenvalue weighted by Gasteiger charge is -2.37. The van der Waals surface area contributed by atoms with Gasteiger partial charge in [-0.2, -0.15) is 0 Å². The van der Waals surface area contributed by atoms with Gasteiger partial charge >= 0.3 is 5.97 Å². The van der Waals surface area contributed by atoms with Gasteiger partial charge in [0.05, 0.1) is 0 Å². The van der Waals surface area contributed by atoms with E-state index in [0.29, 0.717) is 6.42 Å². The average Bonchev–Trinajstić information content (AvgIpc) is 2.51. The summed E-state index contributed by atoms with van der Waals surface area (Å²) < 4.78 is 9.69. The molecule has 0 aromatic heterocycles. The van der Waals surface area contributed by atoms with Gasteiger partial charge in [-0.15, -0.1) is 0 Å². The molecule has 5 N–H and O–H groups in total. The van der Waals surface area contributed by atoms with Crippen LogP contribution in [0.1, 0.15) is 39.0 Å². The van der Waals surface area contributed by atoms with Crippen molar-refractivity contribution in [1.29, 1.82) is 0 Å². The first-order valence-electron chi connectivity index (χ1n) is 7.60. The molecule has 0 saturated carbocycles. The molecule has 0 amide bonds. The second-order valence-corrected chi connectivity index (χ2v) is 5.53. The van der Waals surface area contributed by atoms with Crippen LogP contribution < -0.4 is 0 Å². The maximum absolute atomic E-state index is 11.6. The van der Waals surface area contributed by atoms with Crippen LogP contribution in [0.3, 0.4) is 0 Å². The fourth-order valence-corrected chi connectivity index (χ4v) is 2.21. The molecule has 6 atom stereocenters. The van der Waals surface area contributed by atoms with E-state index in [1.165, 1.54) is 0 Å². The van der Waals surface area contributed by atoms with Crippen molar-refractivity contribution in [3.05, 3.63) is 0 Å². The summed E-state index contributed by atoms with van der Waals surface area (Å²) in [7, 11) is 0. The van der Waals surface area contributed by atoms with Gasteiger partial charge in [-0.05, 0) is 6.42 Å². The molecule has 1 fully saturated rings. The van der Waals surface area contributed by atoms with E-state index in [4.69, 9.17) is 9.47 Å². The zero-order valence-electron chi connectivity index (χ0n) is 12.7. The predicted molar refractivity (Wildman–Crippen MR) is 74.6 cm³/mol. The minimum absolute atomic E-state index is 0.289. The van der Waals surface area contributed by atoms with Gasteiger partial charge in [0.15, 0.2) is 12.4 Å². The molecule has 8 nitrogen and oxygen atoms in total. The van der Waals surface area contributed by atoms with Crippen LogP contribution in [-0.4, -0.2) is 74.9 Å². The number of aliphatic hydroxyl groups excluding tert-OH is 5.